The summed E-state index contributed by atoms with van der Waals surface area (Å²) >= 11 is 0. The molecule has 0 amide bonds. The third-order valence-corrected chi connectivity index (χ3v) is 3.71. The van der Waals surface area contributed by atoms with Gasteiger partial charge in [-0.05, 0) is 36.4 Å². The van der Waals surface area contributed by atoms with Crippen LogP contribution in [0.5, 0.6) is 28.7 Å². The highest BCUT2D eigenvalue weighted by atomic mass is 16.6. The van der Waals surface area contributed by atoms with E-state index in [2.05, 4.69) is 0 Å². The Morgan fingerprint density at radius 3 is 2.42 bits per heavy atom. The molecule has 0 saturated heterocycles. The zero-order valence-electron chi connectivity index (χ0n) is 14.7. The Hall–Kier alpha value is -3.09. The zero-order chi connectivity index (χ0) is 18.4. The van der Waals surface area contributed by atoms with Gasteiger partial charge < -0.3 is 28.4 Å². The molecular weight excluding hydrogens is 340 g/mol. The highest BCUT2D eigenvalue weighted by Gasteiger charge is 2.21. The lowest BCUT2D eigenvalue weighted by Gasteiger charge is -2.21. The third-order valence-electron chi connectivity index (χ3n) is 3.71. The number of methoxy groups -OCH3 is 2. The minimum Gasteiger partial charge on any atom is -0.497 e. The van der Waals surface area contributed by atoms with Crippen LogP contribution in [0.2, 0.25) is 0 Å². The van der Waals surface area contributed by atoms with E-state index < -0.39 is 5.97 Å². The number of ether oxygens (including phenoxy) is 6. The fourth-order valence-electron chi connectivity index (χ4n) is 2.44. The van der Waals surface area contributed by atoms with Crippen molar-refractivity contribution < 1.29 is 33.2 Å². The molecule has 2 aromatic rings. The molecule has 1 aliphatic rings. The number of hydrogen-bond acceptors (Lipinski definition) is 7. The van der Waals surface area contributed by atoms with Gasteiger partial charge in [0.1, 0.15) is 37.9 Å². The SMILES string of the molecule is COc1ccc(OCCOC(=O)c2cc(OC)c3c(c2)OCCO3)cc1. The molecule has 0 bridgehead atoms. The quantitative estimate of drug-likeness (QED) is 0.555. The van der Waals surface area contributed by atoms with Gasteiger partial charge in [-0.15, -0.1) is 0 Å². The van der Waals surface area contributed by atoms with Crippen LogP contribution in [0.4, 0.5) is 0 Å². The van der Waals surface area contributed by atoms with Crippen molar-refractivity contribution in [2.24, 2.45) is 0 Å². The number of fused-ring (bicyclic) bond motifs is 1. The van der Waals surface area contributed by atoms with Gasteiger partial charge in [-0.1, -0.05) is 0 Å². The molecule has 138 valence electrons. The molecule has 0 aliphatic carbocycles. The molecular formula is C19H20O7. The Morgan fingerprint density at radius 1 is 0.962 bits per heavy atom. The van der Waals surface area contributed by atoms with E-state index in [4.69, 9.17) is 28.4 Å². The Morgan fingerprint density at radius 2 is 1.69 bits per heavy atom. The van der Waals surface area contributed by atoms with Gasteiger partial charge in [0.2, 0.25) is 5.75 Å². The minimum atomic E-state index is -0.487. The van der Waals surface area contributed by atoms with Gasteiger partial charge >= 0.3 is 5.97 Å². The number of hydrogen-bond donors (Lipinski definition) is 0. The first-order chi connectivity index (χ1) is 12.7. The summed E-state index contributed by atoms with van der Waals surface area (Å²) in [6, 6.07) is 10.3. The number of carbonyl (C=O) groups excluding carboxylic acids is 1. The van der Waals surface area contributed by atoms with Gasteiger partial charge in [0.15, 0.2) is 11.5 Å². The molecule has 7 heteroatoms. The van der Waals surface area contributed by atoms with Crippen LogP contribution in [0.1, 0.15) is 10.4 Å². The Kier molecular flexibility index (Phi) is 5.68. The van der Waals surface area contributed by atoms with Crippen LogP contribution in [-0.4, -0.2) is 46.6 Å². The van der Waals surface area contributed by atoms with E-state index in [9.17, 15) is 4.79 Å². The first-order valence-corrected chi connectivity index (χ1v) is 8.13. The molecule has 0 fully saturated rings. The summed E-state index contributed by atoms with van der Waals surface area (Å²) < 4.78 is 32.1. The van der Waals surface area contributed by atoms with Crippen LogP contribution in [0.25, 0.3) is 0 Å². The predicted molar refractivity (Wildman–Crippen MR) is 92.8 cm³/mol. The first-order valence-electron chi connectivity index (χ1n) is 8.13. The van der Waals surface area contributed by atoms with Crippen molar-refractivity contribution in [3.8, 4) is 28.7 Å². The van der Waals surface area contributed by atoms with Gasteiger partial charge in [0.05, 0.1) is 19.8 Å². The molecule has 0 N–H and O–H groups in total. The summed E-state index contributed by atoms with van der Waals surface area (Å²) in [7, 11) is 3.10. The number of rotatable bonds is 7. The highest BCUT2D eigenvalue weighted by Crippen LogP contribution is 2.40. The van der Waals surface area contributed by atoms with Crippen molar-refractivity contribution in [2.45, 2.75) is 0 Å². The molecule has 1 heterocycles. The van der Waals surface area contributed by atoms with Gasteiger partial charge in [0.25, 0.3) is 0 Å². The molecule has 0 saturated carbocycles. The maximum absolute atomic E-state index is 12.2. The number of esters is 1. The molecule has 0 radical (unpaired) electrons. The second kappa shape index (κ2) is 8.33. The molecule has 0 atom stereocenters. The van der Waals surface area contributed by atoms with Crippen LogP contribution in [0, 0.1) is 0 Å². The lowest BCUT2D eigenvalue weighted by atomic mass is 10.1. The Balaban J connectivity index is 1.54. The topological polar surface area (TPSA) is 72.5 Å². The molecule has 3 rings (SSSR count). The Bertz CT molecular complexity index is 738. The summed E-state index contributed by atoms with van der Waals surface area (Å²) in [4.78, 5) is 12.2. The molecule has 26 heavy (non-hydrogen) atoms. The van der Waals surface area contributed by atoms with Gasteiger partial charge in [0, 0.05) is 0 Å². The van der Waals surface area contributed by atoms with Crippen molar-refractivity contribution in [3.63, 3.8) is 0 Å². The van der Waals surface area contributed by atoms with Crippen LogP contribution >= 0.6 is 0 Å². The molecule has 0 aromatic heterocycles. The van der Waals surface area contributed by atoms with Crippen molar-refractivity contribution >= 4 is 5.97 Å². The summed E-state index contributed by atoms with van der Waals surface area (Å²) in [5.74, 6) is 2.33. The van der Waals surface area contributed by atoms with Crippen LogP contribution in [-0.2, 0) is 4.74 Å². The fourth-order valence-corrected chi connectivity index (χ4v) is 2.44. The standard InChI is InChI=1S/C19H20O7/c1-21-14-3-5-15(6-4-14)23-7-10-26-19(20)13-11-16(22-2)18-17(12-13)24-8-9-25-18/h3-6,11-12H,7-10H2,1-2H3. The van der Waals surface area contributed by atoms with Crippen molar-refractivity contribution in [1.29, 1.82) is 0 Å². The smallest absolute Gasteiger partial charge is 0.338 e. The van der Waals surface area contributed by atoms with Crippen LogP contribution < -0.4 is 23.7 Å². The minimum absolute atomic E-state index is 0.113. The maximum Gasteiger partial charge on any atom is 0.338 e. The lowest BCUT2D eigenvalue weighted by Crippen LogP contribution is -2.17. The van der Waals surface area contributed by atoms with E-state index in [-0.39, 0.29) is 13.2 Å². The predicted octanol–water partition coefficient (Wildman–Crippen LogP) is 2.71. The Labute approximate surface area is 151 Å². The lowest BCUT2D eigenvalue weighted by molar-refractivity contribution is 0.0449. The van der Waals surface area contributed by atoms with Crippen molar-refractivity contribution in [2.75, 3.05) is 40.6 Å². The zero-order valence-corrected chi connectivity index (χ0v) is 14.7. The number of carbonyl (C=O) groups is 1. The second-order valence-electron chi connectivity index (χ2n) is 5.36. The van der Waals surface area contributed by atoms with Gasteiger partial charge in [-0.3, -0.25) is 0 Å². The molecule has 2 aromatic carbocycles. The summed E-state index contributed by atoms with van der Waals surface area (Å²) in [6.45, 7) is 1.21. The third kappa shape index (κ3) is 4.11. The summed E-state index contributed by atoms with van der Waals surface area (Å²) in [6.07, 6.45) is 0. The average molecular weight is 360 g/mol. The van der Waals surface area contributed by atoms with E-state index in [1.165, 1.54) is 7.11 Å². The van der Waals surface area contributed by atoms with E-state index >= 15 is 0 Å². The van der Waals surface area contributed by atoms with Crippen LogP contribution in [0.3, 0.4) is 0 Å². The second-order valence-corrected chi connectivity index (χ2v) is 5.36. The van der Waals surface area contributed by atoms with Crippen molar-refractivity contribution in [1.82, 2.24) is 0 Å². The highest BCUT2D eigenvalue weighted by molar-refractivity contribution is 5.91. The monoisotopic (exact) mass is 360 g/mol. The van der Waals surface area contributed by atoms with E-state index in [0.29, 0.717) is 41.8 Å². The molecule has 7 nitrogen and oxygen atoms in total. The van der Waals surface area contributed by atoms with E-state index in [1.807, 2.05) is 0 Å². The first kappa shape index (κ1) is 17.7. The van der Waals surface area contributed by atoms with Gasteiger partial charge in [-0.2, -0.15) is 0 Å². The normalized spacial score (nSPS) is 12.2. The maximum atomic E-state index is 12.2. The van der Waals surface area contributed by atoms with Gasteiger partial charge in [-0.25, -0.2) is 4.79 Å². The van der Waals surface area contributed by atoms with Crippen molar-refractivity contribution in [3.05, 3.63) is 42.0 Å². The average Bonchev–Trinajstić information content (AvgIpc) is 2.70. The summed E-state index contributed by atoms with van der Waals surface area (Å²) in [5.41, 5.74) is 0.329. The number of benzene rings is 2. The molecule has 0 unspecified atom stereocenters. The van der Waals surface area contributed by atoms with Crippen LogP contribution in [0.15, 0.2) is 36.4 Å². The molecule has 0 spiro atoms. The largest absolute Gasteiger partial charge is 0.497 e. The van der Waals surface area contributed by atoms with E-state index in [0.717, 1.165) is 5.75 Å². The fraction of sp³-hybridized carbons (Fsp3) is 0.316. The summed E-state index contributed by atoms with van der Waals surface area (Å²) in [5, 5.41) is 0. The van der Waals surface area contributed by atoms with E-state index in [1.54, 1.807) is 43.5 Å². The molecule has 1 aliphatic heterocycles.